The molecule has 0 saturated carbocycles. The molecule has 16 heavy (non-hydrogen) atoms. The summed E-state index contributed by atoms with van der Waals surface area (Å²) in [4.78, 5) is 0.732. The molecule has 0 atom stereocenters. The van der Waals surface area contributed by atoms with Crippen LogP contribution in [0, 0.1) is 0 Å². The third kappa shape index (κ3) is 3.35. The van der Waals surface area contributed by atoms with Crippen LogP contribution in [0.2, 0.25) is 0 Å². The molecular weight excluding hydrogens is 216 g/mol. The SMILES string of the molecule is CC(=S)NC(=C(/C)N)/C(C)=C1/C=CC=CC1. The Kier molecular flexibility index (Phi) is 4.50. The summed E-state index contributed by atoms with van der Waals surface area (Å²) < 4.78 is 0. The van der Waals surface area contributed by atoms with E-state index in [9.17, 15) is 0 Å². The van der Waals surface area contributed by atoms with Crippen LogP contribution in [-0.4, -0.2) is 4.99 Å². The van der Waals surface area contributed by atoms with Crippen molar-refractivity contribution in [2.45, 2.75) is 27.2 Å². The van der Waals surface area contributed by atoms with E-state index >= 15 is 0 Å². The predicted molar refractivity (Wildman–Crippen MR) is 73.9 cm³/mol. The second kappa shape index (κ2) is 5.66. The highest BCUT2D eigenvalue weighted by molar-refractivity contribution is 7.80. The van der Waals surface area contributed by atoms with Crippen LogP contribution in [0.15, 0.2) is 46.8 Å². The average Bonchev–Trinajstić information content (AvgIpc) is 2.25. The fourth-order valence-corrected chi connectivity index (χ4v) is 1.72. The second-order valence-corrected chi connectivity index (χ2v) is 4.49. The van der Waals surface area contributed by atoms with Gasteiger partial charge in [0.05, 0.1) is 10.7 Å². The van der Waals surface area contributed by atoms with Crippen LogP contribution >= 0.6 is 12.2 Å². The van der Waals surface area contributed by atoms with E-state index < -0.39 is 0 Å². The Hall–Kier alpha value is -1.35. The molecule has 2 nitrogen and oxygen atoms in total. The van der Waals surface area contributed by atoms with E-state index in [0.29, 0.717) is 0 Å². The molecule has 1 aliphatic carbocycles. The fourth-order valence-electron chi connectivity index (χ4n) is 1.62. The molecule has 0 aromatic carbocycles. The molecular formula is C13H18N2S. The maximum atomic E-state index is 5.87. The van der Waals surface area contributed by atoms with Crippen LogP contribution in [0.5, 0.6) is 0 Å². The number of allylic oxidation sites excluding steroid dienone is 7. The van der Waals surface area contributed by atoms with E-state index in [1.807, 2.05) is 26.0 Å². The second-order valence-electron chi connectivity index (χ2n) is 3.88. The lowest BCUT2D eigenvalue weighted by Crippen LogP contribution is -2.22. The van der Waals surface area contributed by atoms with Crippen molar-refractivity contribution < 1.29 is 0 Å². The zero-order valence-electron chi connectivity index (χ0n) is 10.0. The van der Waals surface area contributed by atoms with Crippen LogP contribution < -0.4 is 11.1 Å². The van der Waals surface area contributed by atoms with Crippen molar-refractivity contribution in [1.29, 1.82) is 0 Å². The lowest BCUT2D eigenvalue weighted by atomic mass is 9.99. The van der Waals surface area contributed by atoms with Gasteiger partial charge in [-0.3, -0.25) is 0 Å². The third-order valence-electron chi connectivity index (χ3n) is 2.43. The highest BCUT2D eigenvalue weighted by Crippen LogP contribution is 2.20. The van der Waals surface area contributed by atoms with Crippen molar-refractivity contribution in [1.82, 2.24) is 5.32 Å². The Morgan fingerprint density at radius 1 is 1.31 bits per heavy atom. The van der Waals surface area contributed by atoms with Gasteiger partial charge in [0.2, 0.25) is 0 Å². The molecule has 0 radical (unpaired) electrons. The summed E-state index contributed by atoms with van der Waals surface area (Å²) >= 11 is 5.06. The van der Waals surface area contributed by atoms with Gasteiger partial charge >= 0.3 is 0 Å². The van der Waals surface area contributed by atoms with Gasteiger partial charge in [0, 0.05) is 5.70 Å². The molecule has 0 saturated heterocycles. The molecule has 0 amide bonds. The van der Waals surface area contributed by atoms with E-state index in [4.69, 9.17) is 18.0 Å². The minimum Gasteiger partial charge on any atom is -0.401 e. The molecule has 0 aromatic heterocycles. The summed E-state index contributed by atoms with van der Waals surface area (Å²) in [5, 5.41) is 3.15. The van der Waals surface area contributed by atoms with E-state index in [-0.39, 0.29) is 0 Å². The van der Waals surface area contributed by atoms with E-state index in [1.54, 1.807) is 0 Å². The minimum absolute atomic E-state index is 0.732. The van der Waals surface area contributed by atoms with E-state index in [0.717, 1.165) is 28.4 Å². The Balaban J connectivity index is 3.05. The van der Waals surface area contributed by atoms with Crippen LogP contribution in [-0.2, 0) is 0 Å². The molecule has 0 unspecified atom stereocenters. The quantitative estimate of drug-likeness (QED) is 0.721. The van der Waals surface area contributed by atoms with Crippen molar-refractivity contribution in [2.75, 3.05) is 0 Å². The number of nitrogens with one attached hydrogen (secondary N) is 1. The van der Waals surface area contributed by atoms with E-state index in [2.05, 4.69) is 24.4 Å². The van der Waals surface area contributed by atoms with Crippen molar-refractivity contribution in [3.63, 3.8) is 0 Å². The number of hydrogen-bond acceptors (Lipinski definition) is 2. The van der Waals surface area contributed by atoms with Gasteiger partial charge in [0.1, 0.15) is 0 Å². The monoisotopic (exact) mass is 234 g/mol. The lowest BCUT2D eigenvalue weighted by Gasteiger charge is -2.16. The number of hydrogen-bond donors (Lipinski definition) is 2. The lowest BCUT2D eigenvalue weighted by molar-refractivity contribution is 1.03. The third-order valence-corrected chi connectivity index (χ3v) is 2.54. The smallest absolute Gasteiger partial charge is 0.0766 e. The minimum atomic E-state index is 0.732. The standard InChI is InChI=1S/C13H18N2S/c1-9(12-7-5-4-6-8-12)13(10(2)14)15-11(3)16/h4-7H,8,14H2,1-3H3,(H,15,16)/b12-9-,13-10-. The summed E-state index contributed by atoms with van der Waals surface area (Å²) in [7, 11) is 0. The molecule has 0 bridgehead atoms. The molecule has 1 aliphatic rings. The highest BCUT2D eigenvalue weighted by atomic mass is 32.1. The first-order valence-corrected chi connectivity index (χ1v) is 5.70. The first-order valence-electron chi connectivity index (χ1n) is 5.29. The summed E-state index contributed by atoms with van der Waals surface area (Å²) in [6.07, 6.45) is 9.27. The Bertz CT molecular complexity index is 408. The molecule has 0 spiro atoms. The van der Waals surface area contributed by atoms with Crippen LogP contribution in [0.4, 0.5) is 0 Å². The number of rotatable bonds is 2. The summed E-state index contributed by atoms with van der Waals surface area (Å²) in [5.74, 6) is 0. The van der Waals surface area contributed by atoms with Gasteiger partial charge in [0.15, 0.2) is 0 Å². The molecule has 1 rings (SSSR count). The molecule has 0 heterocycles. The van der Waals surface area contributed by atoms with Crippen molar-refractivity contribution in [3.05, 3.63) is 46.8 Å². The average molecular weight is 234 g/mol. The molecule has 0 aliphatic heterocycles. The largest absolute Gasteiger partial charge is 0.401 e. The predicted octanol–water partition coefficient (Wildman–Crippen LogP) is 2.95. The molecule has 3 N–H and O–H groups in total. The van der Waals surface area contributed by atoms with Gasteiger partial charge in [-0.1, -0.05) is 36.5 Å². The first kappa shape index (κ1) is 12.7. The zero-order chi connectivity index (χ0) is 12.1. The Morgan fingerprint density at radius 2 is 2.00 bits per heavy atom. The summed E-state index contributed by atoms with van der Waals surface area (Å²) in [5.41, 5.74) is 9.99. The van der Waals surface area contributed by atoms with Crippen molar-refractivity contribution in [3.8, 4) is 0 Å². The molecule has 86 valence electrons. The first-order chi connectivity index (χ1) is 7.52. The summed E-state index contributed by atoms with van der Waals surface area (Å²) in [6, 6.07) is 0. The van der Waals surface area contributed by atoms with Crippen LogP contribution in [0.3, 0.4) is 0 Å². The Morgan fingerprint density at radius 3 is 2.44 bits per heavy atom. The van der Waals surface area contributed by atoms with Gasteiger partial charge < -0.3 is 11.1 Å². The van der Waals surface area contributed by atoms with E-state index in [1.165, 1.54) is 5.57 Å². The van der Waals surface area contributed by atoms with Gasteiger partial charge in [-0.15, -0.1) is 0 Å². The van der Waals surface area contributed by atoms with Gasteiger partial charge in [-0.05, 0) is 38.3 Å². The van der Waals surface area contributed by atoms with Gasteiger partial charge in [-0.2, -0.15) is 0 Å². The highest BCUT2D eigenvalue weighted by Gasteiger charge is 2.08. The van der Waals surface area contributed by atoms with Crippen molar-refractivity contribution >= 4 is 17.2 Å². The van der Waals surface area contributed by atoms with Gasteiger partial charge in [-0.25, -0.2) is 0 Å². The van der Waals surface area contributed by atoms with Crippen molar-refractivity contribution in [2.24, 2.45) is 5.73 Å². The van der Waals surface area contributed by atoms with Crippen LogP contribution in [0.1, 0.15) is 27.2 Å². The maximum Gasteiger partial charge on any atom is 0.0766 e. The zero-order valence-corrected chi connectivity index (χ0v) is 10.8. The normalized spacial score (nSPS) is 19.2. The fraction of sp³-hybridized carbons (Fsp3) is 0.308. The maximum absolute atomic E-state index is 5.87. The number of thiocarbonyl (C=S) groups is 1. The molecule has 0 aromatic rings. The summed E-state index contributed by atoms with van der Waals surface area (Å²) in [6.45, 7) is 5.80. The molecule has 3 heteroatoms. The topological polar surface area (TPSA) is 38.0 Å². The molecule has 0 fully saturated rings. The van der Waals surface area contributed by atoms with Gasteiger partial charge in [0.25, 0.3) is 0 Å². The van der Waals surface area contributed by atoms with Crippen LogP contribution in [0.25, 0.3) is 0 Å². The Labute approximate surface area is 103 Å². The number of nitrogens with two attached hydrogens (primary N) is 1.